The number of hydrogen-bond acceptors (Lipinski definition) is 3. The second-order valence-corrected chi connectivity index (χ2v) is 16.6. The second kappa shape index (κ2) is 11.1. The minimum Gasteiger partial charge on any atom is -0.310 e. The minimum absolute atomic E-state index is 0.107. The monoisotopic (exact) mass is 699 g/mol. The number of thiophene rings is 2. The van der Waals surface area contributed by atoms with Crippen LogP contribution in [0.5, 0.6) is 0 Å². The van der Waals surface area contributed by atoms with E-state index in [1.165, 1.54) is 95.9 Å². The van der Waals surface area contributed by atoms with Crippen LogP contribution in [0, 0.1) is 0 Å². The number of para-hydroxylation sites is 1. The van der Waals surface area contributed by atoms with E-state index >= 15 is 0 Å². The zero-order valence-corrected chi connectivity index (χ0v) is 30.5. The maximum absolute atomic E-state index is 2.50. The molecule has 1 aliphatic rings. The first-order valence-electron chi connectivity index (χ1n) is 17.9. The number of nitrogens with zero attached hydrogens (tertiary/aromatic N) is 1. The number of rotatable bonds is 4. The lowest BCUT2D eigenvalue weighted by Crippen LogP contribution is -2.16. The van der Waals surface area contributed by atoms with Crippen molar-refractivity contribution in [2.24, 2.45) is 0 Å². The molecule has 52 heavy (non-hydrogen) atoms. The van der Waals surface area contributed by atoms with E-state index in [1.807, 2.05) is 22.7 Å². The van der Waals surface area contributed by atoms with Crippen LogP contribution in [0.15, 0.2) is 164 Å². The Bertz CT molecular complexity index is 3070. The van der Waals surface area contributed by atoms with Crippen LogP contribution in [-0.2, 0) is 5.41 Å². The normalized spacial score (nSPS) is 13.3. The highest BCUT2D eigenvalue weighted by atomic mass is 32.1. The summed E-state index contributed by atoms with van der Waals surface area (Å²) in [4.78, 5) is 2.50. The number of fused-ring (bicyclic) bond motifs is 11. The molecule has 0 fully saturated rings. The standard InChI is InChI=1S/C49H33NS2/c1-49(2)40-18-7-3-13-33(40)34-25-23-31(28-41(34)49)50(32-24-26-37-36-15-5-9-20-43(36)52-46(37)29-32)42-19-8-4-14-35(42)38-17-11-12-30-22-27-45-48(47(30)38)39-16-6-10-21-44(39)51-45/h3-29H,1-2H3. The highest BCUT2D eigenvalue weighted by Crippen LogP contribution is 2.52. The first-order chi connectivity index (χ1) is 25.5. The van der Waals surface area contributed by atoms with Crippen LogP contribution in [-0.4, -0.2) is 0 Å². The Labute approximate surface area is 310 Å². The SMILES string of the molecule is CC1(C)c2ccccc2-c2ccc(N(c3ccc4c(c3)sc3ccccc34)c3ccccc3-c3cccc4ccc5sc6ccccc6c5c34)cc21. The van der Waals surface area contributed by atoms with Crippen molar-refractivity contribution in [1.82, 2.24) is 0 Å². The van der Waals surface area contributed by atoms with Crippen LogP contribution in [0.25, 0.3) is 73.4 Å². The van der Waals surface area contributed by atoms with Crippen LogP contribution in [0.4, 0.5) is 17.1 Å². The summed E-state index contributed by atoms with van der Waals surface area (Å²) in [5.74, 6) is 0. The molecule has 0 N–H and O–H groups in total. The van der Waals surface area contributed by atoms with Gasteiger partial charge in [-0.25, -0.2) is 0 Å². The fourth-order valence-electron chi connectivity index (χ4n) is 8.83. The van der Waals surface area contributed by atoms with Crippen molar-refractivity contribution in [2.45, 2.75) is 19.3 Å². The summed E-state index contributed by atoms with van der Waals surface area (Å²) >= 11 is 3.76. The van der Waals surface area contributed by atoms with Gasteiger partial charge in [-0.1, -0.05) is 129 Å². The Morgan fingerprint density at radius 2 is 1.04 bits per heavy atom. The number of anilines is 3. The average Bonchev–Trinajstić information content (AvgIpc) is 3.82. The van der Waals surface area contributed by atoms with Gasteiger partial charge in [0.05, 0.1) is 5.69 Å². The lowest BCUT2D eigenvalue weighted by molar-refractivity contribution is 0.660. The molecular formula is C49H33NS2. The van der Waals surface area contributed by atoms with Gasteiger partial charge in [-0.2, -0.15) is 0 Å². The molecule has 1 aliphatic carbocycles. The summed E-state index contributed by atoms with van der Waals surface area (Å²) in [6.07, 6.45) is 0. The van der Waals surface area contributed by atoms with E-state index in [1.54, 1.807) is 0 Å². The third-order valence-corrected chi connectivity index (χ3v) is 13.5. The average molecular weight is 700 g/mol. The van der Waals surface area contributed by atoms with Crippen molar-refractivity contribution in [3.8, 4) is 22.3 Å². The Hall–Kier alpha value is -5.74. The lowest BCUT2D eigenvalue weighted by atomic mass is 9.82. The van der Waals surface area contributed by atoms with Gasteiger partial charge in [-0.15, -0.1) is 22.7 Å². The number of benzene rings is 8. The smallest absolute Gasteiger partial charge is 0.0540 e. The van der Waals surface area contributed by atoms with E-state index in [0.29, 0.717) is 0 Å². The molecule has 0 saturated heterocycles. The summed E-state index contributed by atoms with van der Waals surface area (Å²) < 4.78 is 5.27. The Morgan fingerprint density at radius 1 is 0.404 bits per heavy atom. The highest BCUT2D eigenvalue weighted by molar-refractivity contribution is 7.26. The summed E-state index contributed by atoms with van der Waals surface area (Å²) in [7, 11) is 0. The summed E-state index contributed by atoms with van der Waals surface area (Å²) in [6.45, 7) is 4.74. The van der Waals surface area contributed by atoms with E-state index in [-0.39, 0.29) is 5.41 Å². The lowest BCUT2D eigenvalue weighted by Gasteiger charge is -2.30. The zero-order valence-electron chi connectivity index (χ0n) is 28.9. The van der Waals surface area contributed by atoms with E-state index in [0.717, 1.165) is 5.69 Å². The molecule has 8 aromatic carbocycles. The Morgan fingerprint density at radius 3 is 1.92 bits per heavy atom. The predicted molar refractivity (Wildman–Crippen MR) is 227 cm³/mol. The molecule has 0 saturated carbocycles. The third-order valence-electron chi connectivity index (χ3n) is 11.3. The third kappa shape index (κ3) is 4.27. The van der Waals surface area contributed by atoms with E-state index < -0.39 is 0 Å². The van der Waals surface area contributed by atoms with Gasteiger partial charge in [-0.05, 0) is 87.1 Å². The molecule has 246 valence electrons. The molecule has 2 heterocycles. The summed E-state index contributed by atoms with van der Waals surface area (Å²) in [6, 6.07) is 61.1. The second-order valence-electron chi connectivity index (χ2n) is 14.5. The van der Waals surface area contributed by atoms with Crippen LogP contribution in [0.1, 0.15) is 25.0 Å². The molecular weight excluding hydrogens is 667 g/mol. The number of hydrogen-bond donors (Lipinski definition) is 0. The quantitative estimate of drug-likeness (QED) is 0.177. The van der Waals surface area contributed by atoms with Gasteiger partial charge >= 0.3 is 0 Å². The fourth-order valence-corrected chi connectivity index (χ4v) is 11.1. The first-order valence-corrected chi connectivity index (χ1v) is 19.6. The minimum atomic E-state index is -0.107. The maximum Gasteiger partial charge on any atom is 0.0540 e. The van der Waals surface area contributed by atoms with Crippen molar-refractivity contribution in [2.75, 3.05) is 4.90 Å². The molecule has 0 spiro atoms. The van der Waals surface area contributed by atoms with Crippen LogP contribution < -0.4 is 4.90 Å². The molecule has 0 aliphatic heterocycles. The molecule has 10 aromatic rings. The fraction of sp³-hybridized carbons (Fsp3) is 0.0612. The molecule has 1 nitrogen and oxygen atoms in total. The van der Waals surface area contributed by atoms with Gasteiger partial charge in [0.1, 0.15) is 0 Å². The van der Waals surface area contributed by atoms with Crippen LogP contribution in [0.2, 0.25) is 0 Å². The highest BCUT2D eigenvalue weighted by Gasteiger charge is 2.36. The molecule has 2 aromatic heterocycles. The molecule has 0 atom stereocenters. The van der Waals surface area contributed by atoms with Crippen LogP contribution in [0.3, 0.4) is 0 Å². The van der Waals surface area contributed by atoms with E-state index in [4.69, 9.17) is 0 Å². The predicted octanol–water partition coefficient (Wildman–Crippen LogP) is 15.0. The molecule has 0 bridgehead atoms. The topological polar surface area (TPSA) is 3.24 Å². The van der Waals surface area contributed by atoms with Crippen molar-refractivity contribution in [3.05, 3.63) is 175 Å². The molecule has 0 amide bonds. The van der Waals surface area contributed by atoms with Gasteiger partial charge in [0.25, 0.3) is 0 Å². The van der Waals surface area contributed by atoms with Gasteiger partial charge in [-0.3, -0.25) is 0 Å². The van der Waals surface area contributed by atoms with Crippen molar-refractivity contribution in [3.63, 3.8) is 0 Å². The maximum atomic E-state index is 2.50. The van der Waals surface area contributed by atoms with Crippen molar-refractivity contribution in [1.29, 1.82) is 0 Å². The zero-order chi connectivity index (χ0) is 34.6. The van der Waals surface area contributed by atoms with Crippen LogP contribution >= 0.6 is 22.7 Å². The first kappa shape index (κ1) is 29.9. The van der Waals surface area contributed by atoms with E-state index in [2.05, 4.69) is 183 Å². The molecule has 0 radical (unpaired) electrons. The molecule has 0 unspecified atom stereocenters. The van der Waals surface area contributed by atoms with Gasteiger partial charge in [0, 0.05) is 62.7 Å². The summed E-state index contributed by atoms with van der Waals surface area (Å²) in [5, 5.41) is 7.88. The molecule has 3 heteroatoms. The Kier molecular flexibility index (Phi) is 6.41. The van der Waals surface area contributed by atoms with E-state index in [9.17, 15) is 0 Å². The largest absolute Gasteiger partial charge is 0.310 e. The van der Waals surface area contributed by atoms with Crippen molar-refractivity contribution >= 4 is 90.9 Å². The van der Waals surface area contributed by atoms with Crippen molar-refractivity contribution < 1.29 is 0 Å². The van der Waals surface area contributed by atoms with Gasteiger partial charge < -0.3 is 4.90 Å². The van der Waals surface area contributed by atoms with Gasteiger partial charge in [0.15, 0.2) is 0 Å². The summed E-state index contributed by atoms with van der Waals surface area (Å²) in [5.41, 5.74) is 11.3. The molecule has 11 rings (SSSR count). The Balaban J connectivity index is 1.19. The van der Waals surface area contributed by atoms with Gasteiger partial charge in [0.2, 0.25) is 0 Å².